The van der Waals surface area contributed by atoms with Gasteiger partial charge in [-0.15, -0.1) is 0 Å². The zero-order chi connectivity index (χ0) is 14.8. The van der Waals surface area contributed by atoms with E-state index in [-0.39, 0.29) is 5.09 Å². The van der Waals surface area contributed by atoms with Crippen LogP contribution in [0.25, 0.3) is 11.0 Å². The molecule has 2 heterocycles. The summed E-state index contributed by atoms with van der Waals surface area (Å²) in [6.07, 6.45) is 2.41. The first kappa shape index (κ1) is 15.0. The van der Waals surface area contributed by atoms with Gasteiger partial charge in [0.25, 0.3) is 10.0 Å². The van der Waals surface area contributed by atoms with E-state index in [0.29, 0.717) is 11.0 Å². The average molecular weight is 297 g/mol. The first-order chi connectivity index (χ1) is 9.44. The van der Waals surface area contributed by atoms with Crippen LogP contribution in [0, 0.1) is 0 Å². The van der Waals surface area contributed by atoms with Crippen molar-refractivity contribution in [3.63, 3.8) is 0 Å². The van der Waals surface area contributed by atoms with Crippen LogP contribution >= 0.6 is 0 Å². The number of likely N-dealkylation sites (N-methyl/N-ethyl adjacent to an activating group) is 1. The molecule has 0 aromatic carbocycles. The third-order valence-electron chi connectivity index (χ3n) is 3.29. The number of aromatic nitrogens is 1. The van der Waals surface area contributed by atoms with Crippen molar-refractivity contribution in [1.82, 2.24) is 9.88 Å². The molecule has 20 heavy (non-hydrogen) atoms. The predicted octanol–water partition coefficient (Wildman–Crippen LogP) is 1.36. The first-order valence-corrected chi connectivity index (χ1v) is 8.12. The van der Waals surface area contributed by atoms with Crippen molar-refractivity contribution in [2.45, 2.75) is 25.4 Å². The lowest BCUT2D eigenvalue weighted by atomic mass is 10.2. The number of nitrogens with zero attached hydrogens (tertiary/aromatic N) is 2. The van der Waals surface area contributed by atoms with Gasteiger partial charge >= 0.3 is 0 Å². The molecule has 0 saturated heterocycles. The monoisotopic (exact) mass is 297 g/mol. The Morgan fingerprint density at radius 1 is 1.30 bits per heavy atom. The fourth-order valence-electron chi connectivity index (χ4n) is 2.04. The van der Waals surface area contributed by atoms with E-state index in [1.807, 2.05) is 0 Å². The normalized spacial score (nSPS) is 12.4. The summed E-state index contributed by atoms with van der Waals surface area (Å²) >= 11 is 0. The van der Waals surface area contributed by atoms with Gasteiger partial charge in [0.15, 0.2) is 0 Å². The summed E-state index contributed by atoms with van der Waals surface area (Å²) in [5.74, 6) is 0. The van der Waals surface area contributed by atoms with Gasteiger partial charge in [-0.05, 0) is 13.1 Å². The van der Waals surface area contributed by atoms with Gasteiger partial charge in [-0.3, -0.25) is 4.98 Å². The highest BCUT2D eigenvalue weighted by molar-refractivity contribution is 7.89. The number of hydrogen-bond donors (Lipinski definition) is 1. The average Bonchev–Trinajstić information content (AvgIpc) is 2.83. The molecule has 0 atom stereocenters. The Hall–Kier alpha value is -1.44. The van der Waals surface area contributed by atoms with E-state index in [9.17, 15) is 8.42 Å². The molecule has 110 valence electrons. The topological polar surface area (TPSA) is 89.4 Å². The molecule has 7 heteroatoms. The van der Waals surface area contributed by atoms with E-state index in [2.05, 4.69) is 23.7 Å². The maximum atomic E-state index is 11.2. The van der Waals surface area contributed by atoms with Crippen LogP contribution in [0.1, 0.15) is 19.5 Å². The first-order valence-electron chi connectivity index (χ1n) is 6.57. The molecule has 0 aliphatic carbocycles. The second kappa shape index (κ2) is 5.90. The fraction of sp³-hybridized carbons (Fsp3) is 0.462. The minimum atomic E-state index is -3.81. The molecule has 0 saturated carbocycles. The number of nitrogens with two attached hydrogens (primary N) is 1. The van der Waals surface area contributed by atoms with Crippen LogP contribution in [-0.4, -0.2) is 37.9 Å². The SMILES string of the molecule is CCN(CC)CCc1cc2oc(S(N)(=O)=O)cc2cn1. The molecule has 0 fully saturated rings. The molecule has 2 aromatic rings. The second-order valence-electron chi connectivity index (χ2n) is 4.60. The van der Waals surface area contributed by atoms with Crippen molar-refractivity contribution in [3.8, 4) is 0 Å². The number of primary sulfonamides is 1. The molecular formula is C13H19N3O3S. The molecule has 0 aliphatic heterocycles. The number of pyridine rings is 1. The van der Waals surface area contributed by atoms with Gasteiger partial charge in [-0.1, -0.05) is 13.8 Å². The lowest BCUT2D eigenvalue weighted by molar-refractivity contribution is 0.307. The standard InChI is InChI=1S/C13H19N3O3S/c1-3-16(4-2)6-5-11-8-12-10(9-15-11)7-13(19-12)20(14,17)18/h7-9H,3-6H2,1-2H3,(H2,14,17,18). The van der Waals surface area contributed by atoms with Crippen LogP contribution in [0.3, 0.4) is 0 Å². The van der Waals surface area contributed by atoms with Crippen molar-refractivity contribution < 1.29 is 12.8 Å². The molecule has 6 nitrogen and oxygen atoms in total. The summed E-state index contributed by atoms with van der Waals surface area (Å²) in [6, 6.07) is 3.17. The molecule has 0 aliphatic rings. The Kier molecular flexibility index (Phi) is 4.42. The molecule has 0 radical (unpaired) electrons. The largest absolute Gasteiger partial charge is 0.443 e. The Morgan fingerprint density at radius 3 is 2.60 bits per heavy atom. The van der Waals surface area contributed by atoms with Gasteiger partial charge in [0.05, 0.1) is 0 Å². The maximum Gasteiger partial charge on any atom is 0.271 e. The van der Waals surface area contributed by atoms with Gasteiger partial charge in [-0.25, -0.2) is 13.6 Å². The number of fused-ring (bicyclic) bond motifs is 1. The van der Waals surface area contributed by atoms with E-state index in [1.165, 1.54) is 6.07 Å². The Labute approximate surface area is 118 Å². The quantitative estimate of drug-likeness (QED) is 0.869. The van der Waals surface area contributed by atoms with Crippen molar-refractivity contribution >= 4 is 21.0 Å². The molecular weight excluding hydrogens is 278 g/mol. The van der Waals surface area contributed by atoms with Gasteiger partial charge in [0, 0.05) is 42.4 Å². The van der Waals surface area contributed by atoms with E-state index >= 15 is 0 Å². The summed E-state index contributed by atoms with van der Waals surface area (Å²) in [4.78, 5) is 6.62. The van der Waals surface area contributed by atoms with Crippen molar-refractivity contribution in [2.75, 3.05) is 19.6 Å². The van der Waals surface area contributed by atoms with Crippen LogP contribution in [0.5, 0.6) is 0 Å². The number of furan rings is 1. The van der Waals surface area contributed by atoms with Crippen molar-refractivity contribution in [1.29, 1.82) is 0 Å². The highest BCUT2D eigenvalue weighted by Crippen LogP contribution is 2.22. The van der Waals surface area contributed by atoms with Crippen LogP contribution in [0.15, 0.2) is 27.8 Å². The number of rotatable bonds is 6. The Bertz CT molecular complexity index is 690. The number of sulfonamides is 1. The maximum absolute atomic E-state index is 11.2. The highest BCUT2D eigenvalue weighted by atomic mass is 32.2. The molecule has 0 amide bonds. The summed E-state index contributed by atoms with van der Waals surface area (Å²) in [5.41, 5.74) is 1.37. The fourth-order valence-corrected chi connectivity index (χ4v) is 2.54. The third-order valence-corrected chi connectivity index (χ3v) is 4.06. The van der Waals surface area contributed by atoms with E-state index in [4.69, 9.17) is 9.56 Å². The van der Waals surface area contributed by atoms with E-state index in [0.717, 1.165) is 31.7 Å². The molecule has 0 unspecified atom stereocenters. The van der Waals surface area contributed by atoms with Crippen LogP contribution in [-0.2, 0) is 16.4 Å². The lowest BCUT2D eigenvalue weighted by Crippen LogP contribution is -2.25. The smallest absolute Gasteiger partial charge is 0.271 e. The zero-order valence-electron chi connectivity index (χ0n) is 11.7. The van der Waals surface area contributed by atoms with E-state index in [1.54, 1.807) is 12.3 Å². The lowest BCUT2D eigenvalue weighted by Gasteiger charge is -2.17. The minimum Gasteiger partial charge on any atom is -0.443 e. The predicted molar refractivity (Wildman–Crippen MR) is 76.9 cm³/mol. The molecule has 0 spiro atoms. The second-order valence-corrected chi connectivity index (χ2v) is 6.09. The van der Waals surface area contributed by atoms with Crippen molar-refractivity contribution in [3.05, 3.63) is 24.0 Å². The summed E-state index contributed by atoms with van der Waals surface area (Å²) in [5, 5.41) is 5.46. The summed E-state index contributed by atoms with van der Waals surface area (Å²) in [6.45, 7) is 7.13. The summed E-state index contributed by atoms with van der Waals surface area (Å²) < 4.78 is 27.7. The molecule has 0 bridgehead atoms. The highest BCUT2D eigenvalue weighted by Gasteiger charge is 2.15. The molecule has 2 rings (SSSR count). The zero-order valence-corrected chi connectivity index (χ0v) is 12.5. The third kappa shape index (κ3) is 3.36. The minimum absolute atomic E-state index is 0.227. The van der Waals surface area contributed by atoms with Gasteiger partial charge < -0.3 is 9.32 Å². The molecule has 2 N–H and O–H groups in total. The Balaban J connectivity index is 2.21. The number of hydrogen-bond acceptors (Lipinski definition) is 5. The summed E-state index contributed by atoms with van der Waals surface area (Å²) in [7, 11) is -3.81. The van der Waals surface area contributed by atoms with Crippen LogP contribution in [0.4, 0.5) is 0 Å². The van der Waals surface area contributed by atoms with Gasteiger partial charge in [-0.2, -0.15) is 0 Å². The van der Waals surface area contributed by atoms with Crippen LogP contribution < -0.4 is 5.14 Å². The van der Waals surface area contributed by atoms with Gasteiger partial charge in [0.1, 0.15) is 5.58 Å². The van der Waals surface area contributed by atoms with E-state index < -0.39 is 10.0 Å². The van der Waals surface area contributed by atoms with Crippen molar-refractivity contribution in [2.24, 2.45) is 5.14 Å². The van der Waals surface area contributed by atoms with Crippen LogP contribution in [0.2, 0.25) is 0 Å². The molecule has 2 aromatic heterocycles. The Morgan fingerprint density at radius 2 is 2.00 bits per heavy atom. The van der Waals surface area contributed by atoms with Gasteiger partial charge in [0.2, 0.25) is 5.09 Å².